The quantitative estimate of drug-likeness (QED) is 0.525. The lowest BCUT2D eigenvalue weighted by molar-refractivity contribution is 0.0747. The molecule has 8 nitrogen and oxygen atoms in total. The maximum Gasteiger partial charge on any atom is 0.271 e. The minimum atomic E-state index is -0.309. The molecular weight excluding hydrogens is 466 g/mol. The molecule has 0 saturated carbocycles. The summed E-state index contributed by atoms with van der Waals surface area (Å²) in [7, 11) is 5.47. The van der Waals surface area contributed by atoms with Gasteiger partial charge in [0.05, 0.1) is 18.3 Å². The molecule has 35 heavy (non-hydrogen) atoms. The van der Waals surface area contributed by atoms with Gasteiger partial charge in [-0.05, 0) is 56.6 Å². The Kier molecular flexibility index (Phi) is 7.29. The van der Waals surface area contributed by atoms with Crippen LogP contribution in [0.15, 0.2) is 47.3 Å². The van der Waals surface area contributed by atoms with E-state index in [1.165, 1.54) is 0 Å². The molecule has 0 unspecified atom stereocenters. The van der Waals surface area contributed by atoms with Gasteiger partial charge in [0.15, 0.2) is 0 Å². The summed E-state index contributed by atoms with van der Waals surface area (Å²) < 4.78 is 6.82. The molecule has 0 atom stereocenters. The van der Waals surface area contributed by atoms with Crippen LogP contribution in [-0.2, 0) is 6.54 Å². The Labute approximate surface area is 209 Å². The maximum absolute atomic E-state index is 13.4. The van der Waals surface area contributed by atoms with E-state index in [9.17, 15) is 14.9 Å². The predicted octanol–water partition coefficient (Wildman–Crippen LogP) is 3.06. The molecule has 0 N–H and O–H groups in total. The van der Waals surface area contributed by atoms with Crippen molar-refractivity contribution in [3.05, 3.63) is 69.0 Å². The fraction of sp³-hybridized carbons (Fsp3) is 0.346. The molecule has 4 rings (SSSR count). The Bertz CT molecular complexity index is 1340. The number of methoxy groups -OCH3 is 1. The number of amides is 1. The number of hydrogen-bond donors (Lipinski definition) is 0. The zero-order chi connectivity index (χ0) is 25.1. The van der Waals surface area contributed by atoms with Crippen LogP contribution in [0.25, 0.3) is 10.9 Å². The highest BCUT2D eigenvalue weighted by Gasteiger charge is 2.27. The van der Waals surface area contributed by atoms with E-state index in [0.717, 1.165) is 10.9 Å². The van der Waals surface area contributed by atoms with Gasteiger partial charge in [0.25, 0.3) is 11.5 Å². The van der Waals surface area contributed by atoms with E-state index in [4.69, 9.17) is 16.3 Å². The number of piperazine rings is 1. The summed E-state index contributed by atoms with van der Waals surface area (Å²) in [5.74, 6) is 0.640. The Hall–Kier alpha value is -3.54. The predicted molar refractivity (Wildman–Crippen MR) is 138 cm³/mol. The van der Waals surface area contributed by atoms with Crippen LogP contribution in [0.4, 0.5) is 5.69 Å². The minimum absolute atomic E-state index is 0.0557. The molecule has 0 radical (unpaired) electrons. The van der Waals surface area contributed by atoms with Crippen molar-refractivity contribution in [2.24, 2.45) is 0 Å². The summed E-state index contributed by atoms with van der Waals surface area (Å²) in [4.78, 5) is 32.2. The third-order valence-electron chi connectivity index (χ3n) is 6.30. The van der Waals surface area contributed by atoms with Gasteiger partial charge < -0.3 is 24.0 Å². The number of pyridine rings is 1. The van der Waals surface area contributed by atoms with Crippen molar-refractivity contribution in [3.63, 3.8) is 0 Å². The fourth-order valence-corrected chi connectivity index (χ4v) is 4.59. The van der Waals surface area contributed by atoms with Crippen LogP contribution in [0.5, 0.6) is 5.75 Å². The molecule has 1 aliphatic heterocycles. The lowest BCUT2D eigenvalue weighted by Crippen LogP contribution is -2.49. The number of fused-ring (bicyclic) bond motifs is 1. The van der Waals surface area contributed by atoms with E-state index < -0.39 is 0 Å². The number of nitriles is 1. The second-order valence-electron chi connectivity index (χ2n) is 8.76. The zero-order valence-electron chi connectivity index (χ0n) is 20.1. The van der Waals surface area contributed by atoms with Crippen molar-refractivity contribution in [1.82, 2.24) is 14.4 Å². The van der Waals surface area contributed by atoms with Crippen molar-refractivity contribution >= 4 is 34.1 Å². The Morgan fingerprint density at radius 2 is 1.80 bits per heavy atom. The Balaban J connectivity index is 1.65. The number of ether oxygens (including phenoxy) is 1. The molecule has 0 aliphatic carbocycles. The molecule has 2 heterocycles. The molecular formula is C26H28ClN5O3. The number of aromatic nitrogens is 1. The molecule has 9 heteroatoms. The number of hydrogen-bond acceptors (Lipinski definition) is 6. The highest BCUT2D eigenvalue weighted by Crippen LogP contribution is 2.32. The molecule has 1 fully saturated rings. The van der Waals surface area contributed by atoms with E-state index in [1.54, 1.807) is 46.9 Å². The van der Waals surface area contributed by atoms with Gasteiger partial charge in [-0.25, -0.2) is 0 Å². The van der Waals surface area contributed by atoms with Crippen molar-refractivity contribution in [2.45, 2.75) is 6.54 Å². The molecule has 182 valence electrons. The van der Waals surface area contributed by atoms with Crippen molar-refractivity contribution in [1.29, 1.82) is 5.26 Å². The number of benzene rings is 2. The van der Waals surface area contributed by atoms with Gasteiger partial charge in [-0.3, -0.25) is 9.59 Å². The number of nitrogens with zero attached hydrogens (tertiary/aromatic N) is 5. The van der Waals surface area contributed by atoms with Crippen LogP contribution in [0.1, 0.15) is 15.9 Å². The fourth-order valence-electron chi connectivity index (χ4n) is 4.41. The standard InChI is InChI=1S/C26H28ClN5O3/c1-29(2)10-15-32-23-9-6-19(27)16-21(23)24(22(17-28)26(32)34)30-11-13-31(14-12-30)25(33)18-4-7-20(35-3)8-5-18/h4-9,16H,10-15H2,1-3H3. The van der Waals surface area contributed by atoms with E-state index in [2.05, 4.69) is 6.07 Å². The highest BCUT2D eigenvalue weighted by molar-refractivity contribution is 6.31. The highest BCUT2D eigenvalue weighted by atomic mass is 35.5. The van der Waals surface area contributed by atoms with E-state index in [0.29, 0.717) is 61.3 Å². The van der Waals surface area contributed by atoms with Gasteiger partial charge in [0.2, 0.25) is 0 Å². The van der Waals surface area contributed by atoms with Crippen LogP contribution >= 0.6 is 11.6 Å². The molecule has 1 saturated heterocycles. The lowest BCUT2D eigenvalue weighted by Gasteiger charge is -2.37. The van der Waals surface area contributed by atoms with Gasteiger partial charge >= 0.3 is 0 Å². The molecule has 0 spiro atoms. The topological polar surface area (TPSA) is 81.8 Å². The number of carbonyl (C=O) groups is 1. The van der Waals surface area contributed by atoms with Crippen LogP contribution in [0.2, 0.25) is 5.02 Å². The number of anilines is 1. The molecule has 3 aromatic rings. The number of carbonyl (C=O) groups excluding carboxylic acids is 1. The summed E-state index contributed by atoms with van der Waals surface area (Å²) in [5.41, 5.74) is 1.72. The first kappa shape index (κ1) is 24.6. The maximum atomic E-state index is 13.4. The third kappa shape index (κ3) is 4.97. The summed E-state index contributed by atoms with van der Waals surface area (Å²) in [6, 6.07) is 14.6. The summed E-state index contributed by atoms with van der Waals surface area (Å²) in [6.45, 7) is 3.07. The Morgan fingerprint density at radius 1 is 1.11 bits per heavy atom. The van der Waals surface area contributed by atoms with Crippen molar-refractivity contribution < 1.29 is 9.53 Å². The lowest BCUT2D eigenvalue weighted by atomic mass is 10.1. The third-order valence-corrected chi connectivity index (χ3v) is 6.54. The number of halogens is 1. The van der Waals surface area contributed by atoms with Gasteiger partial charge in [-0.2, -0.15) is 5.26 Å². The van der Waals surface area contributed by atoms with Gasteiger partial charge in [0, 0.05) is 55.2 Å². The second kappa shape index (κ2) is 10.4. The number of rotatable bonds is 6. The van der Waals surface area contributed by atoms with Gasteiger partial charge in [-0.1, -0.05) is 11.6 Å². The number of likely N-dealkylation sites (N-methyl/N-ethyl adjacent to an activating group) is 1. The molecule has 0 bridgehead atoms. The zero-order valence-corrected chi connectivity index (χ0v) is 20.9. The molecule has 2 aromatic carbocycles. The van der Waals surface area contributed by atoms with Crippen LogP contribution in [0.3, 0.4) is 0 Å². The van der Waals surface area contributed by atoms with E-state index in [1.807, 2.05) is 36.0 Å². The molecule has 1 aromatic heterocycles. The van der Waals surface area contributed by atoms with Crippen molar-refractivity contribution in [2.75, 3.05) is 58.8 Å². The Morgan fingerprint density at radius 3 is 2.40 bits per heavy atom. The van der Waals surface area contributed by atoms with Gasteiger partial charge in [0.1, 0.15) is 17.4 Å². The first-order chi connectivity index (χ1) is 16.8. The van der Waals surface area contributed by atoms with Crippen LogP contribution in [-0.4, -0.2) is 74.2 Å². The van der Waals surface area contributed by atoms with Gasteiger partial charge in [-0.15, -0.1) is 0 Å². The largest absolute Gasteiger partial charge is 0.497 e. The summed E-state index contributed by atoms with van der Waals surface area (Å²) in [6.07, 6.45) is 0. The summed E-state index contributed by atoms with van der Waals surface area (Å²) >= 11 is 6.34. The van der Waals surface area contributed by atoms with E-state index >= 15 is 0 Å². The van der Waals surface area contributed by atoms with Crippen molar-refractivity contribution in [3.8, 4) is 11.8 Å². The average molecular weight is 494 g/mol. The monoisotopic (exact) mass is 493 g/mol. The minimum Gasteiger partial charge on any atom is -0.497 e. The first-order valence-corrected chi connectivity index (χ1v) is 11.8. The average Bonchev–Trinajstić information content (AvgIpc) is 2.87. The first-order valence-electron chi connectivity index (χ1n) is 11.4. The summed E-state index contributed by atoms with van der Waals surface area (Å²) in [5, 5.41) is 11.3. The van der Waals surface area contributed by atoms with Crippen LogP contribution < -0.4 is 15.2 Å². The molecule has 1 amide bonds. The van der Waals surface area contributed by atoms with Crippen LogP contribution in [0, 0.1) is 11.3 Å². The SMILES string of the molecule is COc1ccc(C(=O)N2CCN(c3c(C#N)c(=O)n(CCN(C)C)c4ccc(Cl)cc34)CC2)cc1. The van der Waals surface area contributed by atoms with E-state index in [-0.39, 0.29) is 17.0 Å². The second-order valence-corrected chi connectivity index (χ2v) is 9.20. The molecule has 1 aliphatic rings. The normalized spacial score (nSPS) is 13.8. The smallest absolute Gasteiger partial charge is 0.271 e.